The van der Waals surface area contributed by atoms with Crippen LogP contribution in [0.5, 0.6) is 0 Å². The van der Waals surface area contributed by atoms with E-state index in [2.05, 4.69) is 0 Å². The predicted molar refractivity (Wildman–Crippen MR) is 203 cm³/mol. The first kappa shape index (κ1) is 38.5. The lowest BCUT2D eigenvalue weighted by Crippen LogP contribution is -2.50. The van der Waals surface area contributed by atoms with Gasteiger partial charge in [0.25, 0.3) is 10.1 Å². The lowest BCUT2D eigenvalue weighted by Gasteiger charge is -2.56. The average molecular weight is 832 g/mol. The van der Waals surface area contributed by atoms with E-state index in [1.165, 1.54) is 0 Å². The number of carbonyl (C=O) groups is 1. The van der Waals surface area contributed by atoms with Crippen LogP contribution in [0.4, 0.5) is 15.5 Å². The molecule has 8 rings (SSSR count). The molecule has 14 heteroatoms. The highest BCUT2D eigenvalue weighted by molar-refractivity contribution is 8.50. The van der Waals surface area contributed by atoms with E-state index in [1.807, 2.05) is 0 Å². The molecule has 4 saturated carbocycles. The van der Waals surface area contributed by atoms with Crippen LogP contribution in [0.2, 0.25) is 5.02 Å². The first-order valence-corrected chi connectivity index (χ1v) is 23.4. The van der Waals surface area contributed by atoms with E-state index in [-0.39, 0.29) is 5.02 Å². The first-order chi connectivity index (χ1) is 25.0. The van der Waals surface area contributed by atoms with Crippen molar-refractivity contribution in [3.8, 4) is 0 Å². The zero-order valence-corrected chi connectivity index (χ0v) is 32.5. The monoisotopic (exact) mass is 830 g/mol. The van der Waals surface area contributed by atoms with Gasteiger partial charge < -0.3 is 4.74 Å². The van der Waals surface area contributed by atoms with Gasteiger partial charge >= 0.3 is 5.97 Å². The first-order valence-electron chi connectivity index (χ1n) is 17.5. The highest BCUT2D eigenvalue weighted by Crippen LogP contribution is 3.03. The van der Waals surface area contributed by atoms with Crippen molar-refractivity contribution in [2.75, 3.05) is 6.61 Å². The van der Waals surface area contributed by atoms with Crippen LogP contribution in [-0.2, 0) is 23.3 Å². The number of ether oxygens (including phenoxy) is 1. The van der Waals surface area contributed by atoms with Crippen molar-refractivity contribution < 1.29 is 37.1 Å². The van der Waals surface area contributed by atoms with E-state index in [0.29, 0.717) is 63.8 Å². The topological polar surface area (TPSA) is 69.7 Å². The van der Waals surface area contributed by atoms with E-state index in [9.17, 15) is 13.2 Å². The number of hydrogen-bond donors (Lipinski definition) is 0. The summed E-state index contributed by atoms with van der Waals surface area (Å²) >= 11 is 12.4. The van der Waals surface area contributed by atoms with Crippen LogP contribution < -0.4 is 0 Å². The van der Waals surface area contributed by atoms with Gasteiger partial charge in [0, 0.05) is 26.1 Å². The normalized spacial score (nSPS) is 25.5. The second-order valence-corrected chi connectivity index (χ2v) is 23.7. The minimum atomic E-state index is -9.67. The molecule has 0 N–H and O–H groups in total. The molecule has 5 nitrogen and oxygen atoms in total. The molecule has 0 amide bonds. The Bertz CT molecular complexity index is 1940. The van der Waals surface area contributed by atoms with E-state index in [0.717, 1.165) is 31.4 Å². The molecule has 4 fully saturated rings. The molecule has 0 saturated heterocycles. The lowest BCUT2D eigenvalue weighted by molar-refractivity contribution is -0.171. The summed E-state index contributed by atoms with van der Waals surface area (Å²) in [6.07, 6.45) is 3.65. The zero-order chi connectivity index (χ0) is 37.8. The fourth-order valence-electron chi connectivity index (χ4n) is 8.99. The maximum Gasteiger partial charge on any atom is 0.312 e. The second-order valence-electron chi connectivity index (χ2n) is 14.7. The van der Waals surface area contributed by atoms with Gasteiger partial charge in [-0.05, 0) is 127 Å². The number of halogens is 6. The van der Waals surface area contributed by atoms with Crippen molar-refractivity contribution >= 4 is 59.4 Å². The van der Waals surface area contributed by atoms with Gasteiger partial charge in [0.1, 0.15) is 5.25 Å². The molecular formula is C39H40Cl2F4O5S3. The summed E-state index contributed by atoms with van der Waals surface area (Å²) in [5.41, 5.74) is -0.793. The molecule has 0 spiro atoms. The van der Waals surface area contributed by atoms with Crippen LogP contribution in [0.1, 0.15) is 44.9 Å². The molecule has 286 valence electrons. The van der Waals surface area contributed by atoms with Crippen LogP contribution in [-0.4, -0.2) is 31.0 Å². The Morgan fingerprint density at radius 1 is 0.717 bits per heavy atom. The molecule has 4 aromatic carbocycles. The third-order valence-corrected chi connectivity index (χ3v) is 20.8. The Morgan fingerprint density at radius 3 is 1.55 bits per heavy atom. The number of esters is 1. The number of carbonyl (C=O) groups excluding carboxylic acids is 1. The van der Waals surface area contributed by atoms with Crippen LogP contribution in [0.25, 0.3) is 0 Å². The summed E-state index contributed by atoms with van der Waals surface area (Å²) < 4.78 is 105. The van der Waals surface area contributed by atoms with Gasteiger partial charge in [0.2, 0.25) is 0 Å². The minimum absolute atomic E-state index is 0.0800. The van der Waals surface area contributed by atoms with Gasteiger partial charge in [-0.3, -0.25) is 4.79 Å². The summed E-state index contributed by atoms with van der Waals surface area (Å²) in [5, 5.41) is -3.44. The van der Waals surface area contributed by atoms with Crippen molar-refractivity contribution in [3.63, 3.8) is 0 Å². The Morgan fingerprint density at radius 2 is 1.13 bits per heavy atom. The highest BCUT2D eigenvalue weighted by Gasteiger charge is 2.74. The Hall–Kier alpha value is -2.74. The summed E-state index contributed by atoms with van der Waals surface area (Å²) in [6.45, 7) is -0.896. The van der Waals surface area contributed by atoms with Crippen LogP contribution in [0, 0.1) is 23.2 Å². The molecule has 4 bridgehead atoms. The van der Waals surface area contributed by atoms with Gasteiger partial charge in [0.15, 0.2) is 14.5 Å². The standard InChI is InChI=1S/C39H40Cl2F4O5S3/c40-31-16-18-35(19-17-31)53(42,43,44,45)36(20-21-49-38(46)39-25-28-22-29(26-39)24-30(23-28)27-39)37(41)52(47,48)50-51(32-10-4-1-5-11-32,33-12-6-2-7-13-33)34-14-8-3-9-15-34/h1-19,28-30,36-37H,20-27H2. The van der Waals surface area contributed by atoms with Gasteiger partial charge in [0.05, 0.1) is 16.9 Å². The number of alkyl halides is 1. The number of hydrogen-bond acceptors (Lipinski definition) is 5. The molecule has 0 heterocycles. The van der Waals surface area contributed by atoms with Crippen molar-refractivity contribution in [2.45, 2.75) is 74.5 Å². The lowest BCUT2D eigenvalue weighted by atomic mass is 9.49. The molecular weight excluding hydrogens is 792 g/mol. The molecule has 0 aliphatic heterocycles. The van der Waals surface area contributed by atoms with E-state index >= 15 is 15.5 Å². The number of rotatable bonds is 13. The smallest absolute Gasteiger partial charge is 0.312 e. The molecule has 0 aromatic heterocycles. The van der Waals surface area contributed by atoms with Crippen molar-refractivity contribution in [1.29, 1.82) is 0 Å². The van der Waals surface area contributed by atoms with Gasteiger partial charge in [-0.25, -0.2) is 3.63 Å². The van der Waals surface area contributed by atoms with Crippen molar-refractivity contribution in [1.82, 2.24) is 0 Å². The van der Waals surface area contributed by atoms with Crippen LogP contribution in [0.3, 0.4) is 0 Å². The van der Waals surface area contributed by atoms with E-state index in [1.54, 1.807) is 91.0 Å². The maximum absolute atomic E-state index is 16.9. The predicted octanol–water partition coefficient (Wildman–Crippen LogP) is 12.4. The highest BCUT2D eigenvalue weighted by atomic mass is 35.5. The van der Waals surface area contributed by atoms with Gasteiger partial charge in [-0.15, -0.1) is 27.1 Å². The Labute approximate surface area is 319 Å². The van der Waals surface area contributed by atoms with Gasteiger partial charge in [-0.1, -0.05) is 66.2 Å². The third kappa shape index (κ3) is 7.13. The molecule has 0 radical (unpaired) electrons. The van der Waals surface area contributed by atoms with Crippen molar-refractivity contribution in [3.05, 3.63) is 120 Å². The summed E-state index contributed by atoms with van der Waals surface area (Å²) in [5.74, 6) is 0.473. The maximum atomic E-state index is 16.9. The molecule has 4 aromatic rings. The minimum Gasteiger partial charge on any atom is -0.465 e. The second kappa shape index (κ2) is 13.5. The Kier molecular flexibility index (Phi) is 9.80. The zero-order valence-electron chi connectivity index (χ0n) is 28.5. The summed E-state index contributed by atoms with van der Waals surface area (Å²) in [6, 6.07) is 27.5. The molecule has 2 atom stereocenters. The molecule has 2 unspecified atom stereocenters. The quantitative estimate of drug-likeness (QED) is 0.0762. The van der Waals surface area contributed by atoms with Crippen molar-refractivity contribution in [2.24, 2.45) is 23.2 Å². The largest absolute Gasteiger partial charge is 0.465 e. The fourth-order valence-corrected chi connectivity index (χ4v) is 18.6. The van der Waals surface area contributed by atoms with E-state index < -0.39 is 69.5 Å². The van der Waals surface area contributed by atoms with Crippen LogP contribution in [0.15, 0.2) is 135 Å². The van der Waals surface area contributed by atoms with Crippen LogP contribution >= 0.6 is 43.3 Å². The summed E-state index contributed by atoms with van der Waals surface area (Å²) in [4.78, 5) is 13.0. The molecule has 53 heavy (non-hydrogen) atoms. The average Bonchev–Trinajstić information content (AvgIpc) is 3.12. The molecule has 4 aliphatic rings. The van der Waals surface area contributed by atoms with E-state index in [4.69, 9.17) is 31.6 Å². The van der Waals surface area contributed by atoms with Gasteiger partial charge in [-0.2, -0.15) is 8.42 Å². The fraction of sp³-hybridized carbons (Fsp3) is 0.359. The summed E-state index contributed by atoms with van der Waals surface area (Å²) in [7, 11) is -18.5. The number of benzene rings is 4. The molecule has 4 aliphatic carbocycles. The SMILES string of the molecule is O=C(OCCC(C(Cl)S(=O)(=O)OS(c1ccccc1)(c1ccccc1)c1ccccc1)S(F)(F)(F)(F)c1ccc(Cl)cc1)C12CC3CC(CC(C3)C1)C2. The third-order valence-electron chi connectivity index (χ3n) is 11.0. The Balaban J connectivity index is 1.28.